The maximum absolute atomic E-state index is 12.3. The van der Waals surface area contributed by atoms with Crippen molar-refractivity contribution in [2.75, 3.05) is 11.9 Å². The van der Waals surface area contributed by atoms with Crippen LogP contribution in [0.4, 0.5) is 5.82 Å². The van der Waals surface area contributed by atoms with Crippen molar-refractivity contribution in [3.63, 3.8) is 0 Å². The van der Waals surface area contributed by atoms with Gasteiger partial charge in [0.05, 0.1) is 0 Å². The van der Waals surface area contributed by atoms with Crippen molar-refractivity contribution in [2.24, 2.45) is 0 Å². The van der Waals surface area contributed by atoms with E-state index in [9.17, 15) is 4.79 Å². The van der Waals surface area contributed by atoms with Gasteiger partial charge >= 0.3 is 0 Å². The van der Waals surface area contributed by atoms with E-state index in [1.807, 2.05) is 74.5 Å². The second-order valence-corrected chi connectivity index (χ2v) is 4.94. The van der Waals surface area contributed by atoms with Crippen LogP contribution in [-0.2, 0) is 4.79 Å². The molecule has 0 fully saturated rings. The summed E-state index contributed by atoms with van der Waals surface area (Å²) in [6.45, 7) is 3.90. The third-order valence-electron chi connectivity index (χ3n) is 3.41. The van der Waals surface area contributed by atoms with Gasteiger partial charge in [-0.15, -0.1) is 0 Å². The van der Waals surface area contributed by atoms with Crippen LogP contribution in [-0.4, -0.2) is 17.8 Å². The van der Waals surface area contributed by atoms with Crippen LogP contribution in [0.25, 0.3) is 0 Å². The topological polar surface area (TPSA) is 33.2 Å². The number of nitrogens with zero attached hydrogens (tertiary/aromatic N) is 2. The summed E-state index contributed by atoms with van der Waals surface area (Å²) in [5.74, 6) is 1.01. The number of ketones is 1. The van der Waals surface area contributed by atoms with Gasteiger partial charge in [-0.05, 0) is 24.1 Å². The Kier molecular flexibility index (Phi) is 4.51. The van der Waals surface area contributed by atoms with Crippen LogP contribution in [0.2, 0.25) is 0 Å². The SMILES string of the molecule is CCC(=O)C(c1ccccc1)N(C)c1ccc(C)cn1. The smallest absolute Gasteiger partial charge is 0.159 e. The number of likely N-dealkylation sites (N-methyl/N-ethyl adjacent to an activating group) is 1. The van der Waals surface area contributed by atoms with E-state index in [0.717, 1.165) is 16.9 Å². The molecule has 3 heteroatoms. The molecule has 3 nitrogen and oxygen atoms in total. The van der Waals surface area contributed by atoms with E-state index in [-0.39, 0.29) is 11.8 Å². The standard InChI is InChI=1S/C17H20N2O/c1-4-15(20)17(14-8-6-5-7-9-14)19(3)16-11-10-13(2)12-18-16/h5-12,17H,4H2,1-3H3. The summed E-state index contributed by atoms with van der Waals surface area (Å²) in [5, 5.41) is 0. The Morgan fingerprint density at radius 3 is 2.45 bits per heavy atom. The van der Waals surface area contributed by atoms with Gasteiger partial charge in [0, 0.05) is 19.7 Å². The second-order valence-electron chi connectivity index (χ2n) is 4.94. The number of hydrogen-bond donors (Lipinski definition) is 0. The summed E-state index contributed by atoms with van der Waals surface area (Å²) in [4.78, 5) is 18.7. The Hall–Kier alpha value is -2.16. The second kappa shape index (κ2) is 6.33. The lowest BCUT2D eigenvalue weighted by Gasteiger charge is -2.28. The molecule has 1 aromatic heterocycles. The van der Waals surface area contributed by atoms with Gasteiger partial charge in [0.1, 0.15) is 11.9 Å². The van der Waals surface area contributed by atoms with E-state index in [2.05, 4.69) is 4.98 Å². The van der Waals surface area contributed by atoms with E-state index in [0.29, 0.717) is 6.42 Å². The fourth-order valence-corrected chi connectivity index (χ4v) is 2.26. The molecule has 1 heterocycles. The normalized spacial score (nSPS) is 11.9. The fourth-order valence-electron chi connectivity index (χ4n) is 2.26. The predicted octanol–water partition coefficient (Wildman–Crippen LogP) is 3.55. The molecule has 0 radical (unpaired) electrons. The molecule has 1 unspecified atom stereocenters. The van der Waals surface area contributed by atoms with Gasteiger partial charge in [-0.3, -0.25) is 4.79 Å². The molecule has 0 saturated heterocycles. The van der Waals surface area contributed by atoms with Crippen LogP contribution in [0.3, 0.4) is 0 Å². The lowest BCUT2D eigenvalue weighted by atomic mass is 10.00. The predicted molar refractivity (Wildman–Crippen MR) is 81.9 cm³/mol. The van der Waals surface area contributed by atoms with Crippen molar-refractivity contribution in [3.05, 3.63) is 59.8 Å². The van der Waals surface area contributed by atoms with Crippen LogP contribution >= 0.6 is 0 Å². The number of carbonyl (C=O) groups excluding carboxylic acids is 1. The molecule has 2 rings (SSSR count). The van der Waals surface area contributed by atoms with E-state index in [1.165, 1.54) is 0 Å². The Morgan fingerprint density at radius 2 is 1.90 bits per heavy atom. The monoisotopic (exact) mass is 268 g/mol. The number of aromatic nitrogens is 1. The van der Waals surface area contributed by atoms with Crippen molar-refractivity contribution in [3.8, 4) is 0 Å². The molecule has 1 aromatic carbocycles. The number of benzene rings is 1. The summed E-state index contributed by atoms with van der Waals surface area (Å²) in [6.07, 6.45) is 2.33. The number of carbonyl (C=O) groups is 1. The summed E-state index contributed by atoms with van der Waals surface area (Å²) >= 11 is 0. The highest BCUT2D eigenvalue weighted by Gasteiger charge is 2.24. The minimum Gasteiger partial charge on any atom is -0.346 e. The maximum Gasteiger partial charge on any atom is 0.159 e. The summed E-state index contributed by atoms with van der Waals surface area (Å²) in [6, 6.07) is 13.5. The number of anilines is 1. The highest BCUT2D eigenvalue weighted by Crippen LogP contribution is 2.26. The molecule has 20 heavy (non-hydrogen) atoms. The highest BCUT2D eigenvalue weighted by molar-refractivity contribution is 5.88. The third-order valence-corrected chi connectivity index (χ3v) is 3.41. The van der Waals surface area contributed by atoms with Crippen LogP contribution in [0.1, 0.15) is 30.5 Å². The first-order valence-corrected chi connectivity index (χ1v) is 6.86. The molecule has 0 aliphatic heterocycles. The van der Waals surface area contributed by atoms with Crippen LogP contribution in [0, 0.1) is 6.92 Å². The number of rotatable bonds is 5. The molecule has 2 aromatic rings. The molecule has 0 amide bonds. The van der Waals surface area contributed by atoms with Gasteiger partial charge < -0.3 is 4.90 Å². The molecule has 0 spiro atoms. The number of aryl methyl sites for hydroxylation is 1. The minimum absolute atomic E-state index is 0.195. The molecule has 1 atom stereocenters. The highest BCUT2D eigenvalue weighted by atomic mass is 16.1. The molecule has 0 bridgehead atoms. The molecule has 0 N–H and O–H groups in total. The fraction of sp³-hybridized carbons (Fsp3) is 0.294. The van der Waals surface area contributed by atoms with Crippen molar-refractivity contribution in [1.82, 2.24) is 4.98 Å². The lowest BCUT2D eigenvalue weighted by molar-refractivity contribution is -0.120. The van der Waals surface area contributed by atoms with E-state index >= 15 is 0 Å². The summed E-state index contributed by atoms with van der Waals surface area (Å²) in [5.41, 5.74) is 2.12. The first-order chi connectivity index (χ1) is 9.63. The quantitative estimate of drug-likeness (QED) is 0.831. The van der Waals surface area contributed by atoms with Gasteiger partial charge in [0.2, 0.25) is 0 Å². The van der Waals surface area contributed by atoms with Gasteiger partial charge in [-0.1, -0.05) is 43.3 Å². The Bertz CT molecular complexity index is 563. The van der Waals surface area contributed by atoms with Crippen LogP contribution in [0.5, 0.6) is 0 Å². The molecule has 0 aliphatic carbocycles. The Balaban J connectivity index is 2.36. The first-order valence-electron chi connectivity index (χ1n) is 6.86. The molecule has 104 valence electrons. The molecular formula is C17H20N2O. The zero-order valence-electron chi connectivity index (χ0n) is 12.2. The number of Topliss-reactive ketones (excluding diaryl/α,β-unsaturated/α-hetero) is 1. The maximum atomic E-state index is 12.3. The van der Waals surface area contributed by atoms with Gasteiger partial charge in [0.25, 0.3) is 0 Å². The average Bonchev–Trinajstić information content (AvgIpc) is 2.49. The minimum atomic E-state index is -0.281. The largest absolute Gasteiger partial charge is 0.346 e. The zero-order valence-corrected chi connectivity index (χ0v) is 12.2. The van der Waals surface area contributed by atoms with E-state index in [1.54, 1.807) is 0 Å². The van der Waals surface area contributed by atoms with Gasteiger partial charge in [0.15, 0.2) is 5.78 Å². The molecule has 0 saturated carbocycles. The van der Waals surface area contributed by atoms with E-state index in [4.69, 9.17) is 0 Å². The van der Waals surface area contributed by atoms with Crippen molar-refractivity contribution >= 4 is 11.6 Å². The van der Waals surface area contributed by atoms with Gasteiger partial charge in [-0.25, -0.2) is 4.98 Å². The van der Waals surface area contributed by atoms with Crippen molar-refractivity contribution < 1.29 is 4.79 Å². The average molecular weight is 268 g/mol. The van der Waals surface area contributed by atoms with Gasteiger partial charge in [-0.2, -0.15) is 0 Å². The van der Waals surface area contributed by atoms with Crippen LogP contribution < -0.4 is 4.90 Å². The lowest BCUT2D eigenvalue weighted by Crippen LogP contribution is -2.31. The summed E-state index contributed by atoms with van der Waals surface area (Å²) < 4.78 is 0. The number of hydrogen-bond acceptors (Lipinski definition) is 3. The Morgan fingerprint density at radius 1 is 1.20 bits per heavy atom. The molecular weight excluding hydrogens is 248 g/mol. The molecule has 0 aliphatic rings. The van der Waals surface area contributed by atoms with Crippen molar-refractivity contribution in [1.29, 1.82) is 0 Å². The third kappa shape index (κ3) is 3.05. The van der Waals surface area contributed by atoms with Crippen molar-refractivity contribution in [2.45, 2.75) is 26.3 Å². The Labute approximate surface area is 120 Å². The van der Waals surface area contributed by atoms with Crippen LogP contribution in [0.15, 0.2) is 48.7 Å². The van der Waals surface area contributed by atoms with E-state index < -0.39 is 0 Å². The zero-order chi connectivity index (χ0) is 14.5. The summed E-state index contributed by atoms with van der Waals surface area (Å²) in [7, 11) is 1.92. The number of pyridine rings is 1. The first kappa shape index (κ1) is 14.3.